The summed E-state index contributed by atoms with van der Waals surface area (Å²) in [5.74, 6) is 0.655. The summed E-state index contributed by atoms with van der Waals surface area (Å²) >= 11 is 0. The Balaban J connectivity index is 2.24. The van der Waals surface area contributed by atoms with Crippen LogP contribution in [-0.2, 0) is 4.74 Å². The van der Waals surface area contributed by atoms with Crippen LogP contribution >= 0.6 is 0 Å². The minimum Gasteiger partial charge on any atom is -0.497 e. The van der Waals surface area contributed by atoms with Gasteiger partial charge in [0.2, 0.25) is 0 Å². The third-order valence-corrected chi connectivity index (χ3v) is 2.36. The van der Waals surface area contributed by atoms with E-state index in [2.05, 4.69) is 15.0 Å². The Morgan fingerprint density at radius 1 is 1.26 bits per heavy atom. The van der Waals surface area contributed by atoms with Gasteiger partial charge in [-0.25, -0.2) is 14.8 Å². The van der Waals surface area contributed by atoms with Crippen LogP contribution in [0.1, 0.15) is 17.3 Å². The molecule has 0 saturated carbocycles. The van der Waals surface area contributed by atoms with E-state index in [1.54, 1.807) is 32.4 Å². The summed E-state index contributed by atoms with van der Waals surface area (Å²) in [5, 5.41) is 0. The normalized spacial score (nSPS) is 10.0. The Labute approximate surface area is 110 Å². The maximum Gasteiger partial charge on any atom is 0.341 e. The molecule has 0 radical (unpaired) electrons. The summed E-state index contributed by atoms with van der Waals surface area (Å²) in [7, 11) is 1.57. The number of carbonyl (C=O) groups excluding carboxylic acids is 1. The standard InChI is InChI=1S/C13H13N3O3/c1-3-19-13(17)9-7-15-12(16-8-9)11-6-10(18-2)4-5-14-11/h4-8H,3H2,1-2H3. The zero-order chi connectivity index (χ0) is 13.7. The monoisotopic (exact) mass is 259 g/mol. The van der Waals surface area contributed by atoms with Crippen molar-refractivity contribution >= 4 is 5.97 Å². The highest BCUT2D eigenvalue weighted by Gasteiger charge is 2.09. The lowest BCUT2D eigenvalue weighted by molar-refractivity contribution is 0.0525. The number of aromatic nitrogens is 3. The molecule has 0 bridgehead atoms. The van der Waals surface area contributed by atoms with Crippen LogP contribution in [0.5, 0.6) is 5.75 Å². The Kier molecular flexibility index (Phi) is 4.02. The quantitative estimate of drug-likeness (QED) is 0.778. The second-order valence-corrected chi connectivity index (χ2v) is 3.60. The summed E-state index contributed by atoms with van der Waals surface area (Å²) in [4.78, 5) is 23.8. The summed E-state index contributed by atoms with van der Waals surface area (Å²) in [6, 6.07) is 3.45. The summed E-state index contributed by atoms with van der Waals surface area (Å²) in [5.41, 5.74) is 0.892. The van der Waals surface area contributed by atoms with Crippen molar-refractivity contribution in [1.29, 1.82) is 0 Å². The van der Waals surface area contributed by atoms with E-state index in [0.29, 0.717) is 29.4 Å². The molecule has 0 N–H and O–H groups in total. The summed E-state index contributed by atoms with van der Waals surface area (Å²) < 4.78 is 9.96. The average Bonchev–Trinajstić information content (AvgIpc) is 2.48. The Hall–Kier alpha value is -2.50. The Bertz CT molecular complexity index is 570. The molecule has 98 valence electrons. The summed E-state index contributed by atoms with van der Waals surface area (Å²) in [6.07, 6.45) is 4.44. The number of ether oxygens (including phenoxy) is 2. The number of hydrogen-bond acceptors (Lipinski definition) is 6. The number of esters is 1. The fourth-order valence-corrected chi connectivity index (χ4v) is 1.44. The van der Waals surface area contributed by atoms with E-state index >= 15 is 0 Å². The van der Waals surface area contributed by atoms with E-state index < -0.39 is 5.97 Å². The fourth-order valence-electron chi connectivity index (χ4n) is 1.44. The third-order valence-electron chi connectivity index (χ3n) is 2.36. The molecule has 0 aliphatic heterocycles. The van der Waals surface area contributed by atoms with E-state index in [1.165, 1.54) is 12.4 Å². The zero-order valence-electron chi connectivity index (χ0n) is 10.7. The number of pyridine rings is 1. The van der Waals surface area contributed by atoms with Crippen LogP contribution in [-0.4, -0.2) is 34.6 Å². The molecule has 0 aliphatic rings. The van der Waals surface area contributed by atoms with Gasteiger partial charge in [-0.05, 0) is 13.0 Å². The van der Waals surface area contributed by atoms with Gasteiger partial charge in [-0.3, -0.25) is 4.98 Å². The molecule has 6 nitrogen and oxygen atoms in total. The molecule has 19 heavy (non-hydrogen) atoms. The molecule has 0 fully saturated rings. The Morgan fingerprint density at radius 3 is 2.63 bits per heavy atom. The Morgan fingerprint density at radius 2 is 2.00 bits per heavy atom. The highest BCUT2D eigenvalue weighted by Crippen LogP contribution is 2.17. The average molecular weight is 259 g/mol. The van der Waals surface area contributed by atoms with E-state index in [4.69, 9.17) is 9.47 Å². The van der Waals surface area contributed by atoms with Gasteiger partial charge in [0.1, 0.15) is 11.4 Å². The van der Waals surface area contributed by atoms with Crippen molar-refractivity contribution < 1.29 is 14.3 Å². The van der Waals surface area contributed by atoms with Crippen molar-refractivity contribution in [2.45, 2.75) is 6.92 Å². The first-order valence-corrected chi connectivity index (χ1v) is 5.74. The molecule has 0 saturated heterocycles. The molecule has 2 rings (SSSR count). The van der Waals surface area contributed by atoms with Crippen LogP contribution in [0.4, 0.5) is 0 Å². The van der Waals surface area contributed by atoms with Gasteiger partial charge in [-0.1, -0.05) is 0 Å². The van der Waals surface area contributed by atoms with Gasteiger partial charge in [0.15, 0.2) is 5.82 Å². The lowest BCUT2D eigenvalue weighted by Gasteiger charge is -2.04. The highest BCUT2D eigenvalue weighted by molar-refractivity contribution is 5.88. The number of nitrogens with zero attached hydrogens (tertiary/aromatic N) is 3. The summed E-state index contributed by atoms with van der Waals surface area (Å²) in [6.45, 7) is 2.06. The predicted molar refractivity (Wildman–Crippen MR) is 67.8 cm³/mol. The van der Waals surface area contributed by atoms with Crippen LogP contribution in [0.2, 0.25) is 0 Å². The van der Waals surface area contributed by atoms with Crippen LogP contribution in [0.15, 0.2) is 30.7 Å². The van der Waals surface area contributed by atoms with Gasteiger partial charge in [0.25, 0.3) is 0 Å². The first-order chi connectivity index (χ1) is 9.24. The molecule has 6 heteroatoms. The van der Waals surface area contributed by atoms with Gasteiger partial charge in [-0.15, -0.1) is 0 Å². The molecule has 0 atom stereocenters. The molecule has 0 aromatic carbocycles. The first kappa shape index (κ1) is 12.9. The number of carbonyl (C=O) groups is 1. The molecule has 2 aromatic rings. The SMILES string of the molecule is CCOC(=O)c1cnc(-c2cc(OC)ccn2)nc1. The van der Waals surface area contributed by atoms with Crippen LogP contribution in [0.3, 0.4) is 0 Å². The van der Waals surface area contributed by atoms with Crippen molar-refractivity contribution in [1.82, 2.24) is 15.0 Å². The van der Waals surface area contributed by atoms with Gasteiger partial charge < -0.3 is 9.47 Å². The predicted octanol–water partition coefficient (Wildman–Crippen LogP) is 1.72. The van der Waals surface area contributed by atoms with Crippen molar-refractivity contribution in [3.8, 4) is 17.3 Å². The molecule has 0 unspecified atom stereocenters. The fraction of sp³-hybridized carbons (Fsp3) is 0.231. The molecule has 0 spiro atoms. The van der Waals surface area contributed by atoms with E-state index in [9.17, 15) is 4.79 Å². The molecule has 0 amide bonds. The maximum absolute atomic E-state index is 11.5. The van der Waals surface area contributed by atoms with E-state index in [0.717, 1.165) is 0 Å². The molecular weight excluding hydrogens is 246 g/mol. The first-order valence-electron chi connectivity index (χ1n) is 5.74. The second kappa shape index (κ2) is 5.90. The largest absolute Gasteiger partial charge is 0.497 e. The number of rotatable bonds is 4. The van der Waals surface area contributed by atoms with Crippen molar-refractivity contribution in [2.24, 2.45) is 0 Å². The van der Waals surface area contributed by atoms with E-state index in [-0.39, 0.29) is 0 Å². The van der Waals surface area contributed by atoms with Crippen LogP contribution in [0, 0.1) is 0 Å². The van der Waals surface area contributed by atoms with Gasteiger partial charge >= 0.3 is 5.97 Å². The number of methoxy groups -OCH3 is 1. The number of hydrogen-bond donors (Lipinski definition) is 0. The van der Waals surface area contributed by atoms with Crippen molar-refractivity contribution in [3.63, 3.8) is 0 Å². The van der Waals surface area contributed by atoms with Crippen LogP contribution < -0.4 is 4.74 Å². The lowest BCUT2D eigenvalue weighted by Crippen LogP contribution is -2.06. The van der Waals surface area contributed by atoms with Crippen molar-refractivity contribution in [2.75, 3.05) is 13.7 Å². The van der Waals surface area contributed by atoms with Gasteiger partial charge in [0.05, 0.1) is 19.3 Å². The third kappa shape index (κ3) is 3.04. The zero-order valence-corrected chi connectivity index (χ0v) is 10.7. The molecular formula is C13H13N3O3. The van der Waals surface area contributed by atoms with Crippen LogP contribution in [0.25, 0.3) is 11.5 Å². The molecule has 0 aliphatic carbocycles. The molecule has 2 aromatic heterocycles. The smallest absolute Gasteiger partial charge is 0.341 e. The minimum absolute atomic E-state index is 0.313. The van der Waals surface area contributed by atoms with E-state index in [1.807, 2.05) is 0 Å². The molecule has 2 heterocycles. The minimum atomic E-state index is -0.437. The second-order valence-electron chi connectivity index (χ2n) is 3.60. The topological polar surface area (TPSA) is 74.2 Å². The lowest BCUT2D eigenvalue weighted by atomic mass is 10.3. The van der Waals surface area contributed by atoms with Gasteiger partial charge in [-0.2, -0.15) is 0 Å². The highest BCUT2D eigenvalue weighted by atomic mass is 16.5. The van der Waals surface area contributed by atoms with Crippen molar-refractivity contribution in [3.05, 3.63) is 36.3 Å². The van der Waals surface area contributed by atoms with Gasteiger partial charge in [0, 0.05) is 24.7 Å². The maximum atomic E-state index is 11.5.